The van der Waals surface area contributed by atoms with Crippen LogP contribution < -0.4 is 0 Å². The first kappa shape index (κ1) is 13.9. The molecule has 0 atom stereocenters. The van der Waals surface area contributed by atoms with Crippen molar-refractivity contribution < 1.29 is 4.39 Å². The Morgan fingerprint density at radius 1 is 1.25 bits per heavy atom. The predicted octanol–water partition coefficient (Wildman–Crippen LogP) is 4.72. The van der Waals surface area contributed by atoms with E-state index in [9.17, 15) is 4.39 Å². The van der Waals surface area contributed by atoms with Gasteiger partial charge in [0.2, 0.25) is 0 Å². The number of nitrogens with zero attached hydrogens (tertiary/aromatic N) is 2. The lowest BCUT2D eigenvalue weighted by molar-refractivity contribution is 0.629. The summed E-state index contributed by atoms with van der Waals surface area (Å²) in [6.45, 7) is 0.672. The SMILES string of the molecule is Fc1ccc2c(c1)nc(CCCl)n2Cc1ccc(Cl)s1. The van der Waals surface area contributed by atoms with Crippen molar-refractivity contribution in [3.8, 4) is 0 Å². The molecular formula is C14H11Cl2FN2S. The van der Waals surface area contributed by atoms with E-state index >= 15 is 0 Å². The molecule has 0 saturated heterocycles. The molecule has 0 aliphatic carbocycles. The third-order valence-electron chi connectivity index (χ3n) is 3.05. The van der Waals surface area contributed by atoms with Gasteiger partial charge in [0.25, 0.3) is 0 Å². The molecule has 0 radical (unpaired) electrons. The molecule has 6 heteroatoms. The lowest BCUT2D eigenvalue weighted by atomic mass is 10.3. The summed E-state index contributed by atoms with van der Waals surface area (Å²) in [6.07, 6.45) is 0.650. The van der Waals surface area contributed by atoms with Crippen molar-refractivity contribution in [2.75, 3.05) is 5.88 Å². The number of fused-ring (bicyclic) bond motifs is 1. The highest BCUT2D eigenvalue weighted by atomic mass is 35.5. The monoisotopic (exact) mass is 328 g/mol. The van der Waals surface area contributed by atoms with Gasteiger partial charge in [-0.1, -0.05) is 11.6 Å². The molecular weight excluding hydrogens is 318 g/mol. The maximum absolute atomic E-state index is 13.3. The van der Waals surface area contributed by atoms with Gasteiger partial charge in [0, 0.05) is 23.2 Å². The average molecular weight is 329 g/mol. The van der Waals surface area contributed by atoms with E-state index in [-0.39, 0.29) is 5.82 Å². The van der Waals surface area contributed by atoms with E-state index in [2.05, 4.69) is 9.55 Å². The number of halogens is 3. The van der Waals surface area contributed by atoms with Crippen LogP contribution in [-0.2, 0) is 13.0 Å². The first-order valence-electron chi connectivity index (χ1n) is 6.12. The van der Waals surface area contributed by atoms with Crippen molar-refractivity contribution >= 4 is 45.6 Å². The highest BCUT2D eigenvalue weighted by Gasteiger charge is 2.12. The normalized spacial score (nSPS) is 11.3. The molecule has 2 nitrogen and oxygen atoms in total. The van der Waals surface area contributed by atoms with Crippen molar-refractivity contribution in [3.05, 3.63) is 51.2 Å². The first-order chi connectivity index (χ1) is 9.67. The molecule has 0 N–H and O–H groups in total. The van der Waals surface area contributed by atoms with Crippen LogP contribution >= 0.6 is 34.5 Å². The summed E-state index contributed by atoms with van der Waals surface area (Å²) in [7, 11) is 0. The van der Waals surface area contributed by atoms with Crippen molar-refractivity contribution in [2.45, 2.75) is 13.0 Å². The Kier molecular flexibility index (Phi) is 3.96. The number of thiophene rings is 1. The Balaban J connectivity index is 2.08. The molecule has 0 spiro atoms. The van der Waals surface area contributed by atoms with Crippen LogP contribution in [0.2, 0.25) is 4.34 Å². The highest BCUT2D eigenvalue weighted by molar-refractivity contribution is 7.16. The second-order valence-corrected chi connectivity index (χ2v) is 6.57. The number of alkyl halides is 1. The van der Waals surface area contributed by atoms with Gasteiger partial charge in [-0.05, 0) is 24.3 Å². The maximum Gasteiger partial charge on any atom is 0.125 e. The lowest BCUT2D eigenvalue weighted by Crippen LogP contribution is -2.04. The van der Waals surface area contributed by atoms with Gasteiger partial charge in [-0.25, -0.2) is 9.37 Å². The number of rotatable bonds is 4. The third kappa shape index (κ3) is 2.68. The van der Waals surface area contributed by atoms with Gasteiger partial charge in [-0.3, -0.25) is 0 Å². The molecule has 0 aliphatic heterocycles. The summed E-state index contributed by atoms with van der Waals surface area (Å²) < 4.78 is 16.1. The zero-order valence-corrected chi connectivity index (χ0v) is 12.8. The lowest BCUT2D eigenvalue weighted by Gasteiger charge is -2.06. The Labute approximate surface area is 129 Å². The van der Waals surface area contributed by atoms with Crippen LogP contribution in [0.25, 0.3) is 11.0 Å². The quantitative estimate of drug-likeness (QED) is 0.633. The Hall–Kier alpha value is -1.10. The zero-order chi connectivity index (χ0) is 14.1. The van der Waals surface area contributed by atoms with Crippen LogP contribution in [0.4, 0.5) is 4.39 Å². The summed E-state index contributed by atoms with van der Waals surface area (Å²) in [5.41, 5.74) is 1.57. The molecule has 0 unspecified atom stereocenters. The molecule has 0 fully saturated rings. The fourth-order valence-corrected chi connectivity index (χ4v) is 3.44. The smallest absolute Gasteiger partial charge is 0.125 e. The van der Waals surface area contributed by atoms with Crippen LogP contribution in [0.3, 0.4) is 0 Å². The van der Waals surface area contributed by atoms with Gasteiger partial charge < -0.3 is 4.57 Å². The minimum absolute atomic E-state index is 0.279. The van der Waals surface area contributed by atoms with E-state index in [0.29, 0.717) is 24.4 Å². The number of benzene rings is 1. The Bertz CT molecular complexity index is 751. The number of aryl methyl sites for hydroxylation is 1. The summed E-state index contributed by atoms with van der Waals surface area (Å²) >= 11 is 13.3. The number of imidazole rings is 1. The Morgan fingerprint density at radius 2 is 2.10 bits per heavy atom. The predicted molar refractivity (Wildman–Crippen MR) is 82.5 cm³/mol. The molecule has 0 amide bonds. The summed E-state index contributed by atoms with van der Waals surface area (Å²) in [5, 5.41) is 0. The van der Waals surface area contributed by atoms with E-state index in [1.54, 1.807) is 6.07 Å². The fraction of sp³-hybridized carbons (Fsp3) is 0.214. The second-order valence-electron chi connectivity index (χ2n) is 4.39. The van der Waals surface area contributed by atoms with Crippen LogP contribution in [-0.4, -0.2) is 15.4 Å². The molecule has 20 heavy (non-hydrogen) atoms. The van der Waals surface area contributed by atoms with E-state index in [0.717, 1.165) is 20.6 Å². The molecule has 0 saturated carbocycles. The van der Waals surface area contributed by atoms with E-state index in [4.69, 9.17) is 23.2 Å². The number of aromatic nitrogens is 2. The van der Waals surface area contributed by atoms with E-state index < -0.39 is 0 Å². The molecule has 3 rings (SSSR count). The topological polar surface area (TPSA) is 17.8 Å². The van der Waals surface area contributed by atoms with E-state index in [1.807, 2.05) is 12.1 Å². The number of hydrogen-bond donors (Lipinski definition) is 0. The van der Waals surface area contributed by atoms with Crippen molar-refractivity contribution in [2.24, 2.45) is 0 Å². The van der Waals surface area contributed by atoms with Crippen LogP contribution in [0.5, 0.6) is 0 Å². The van der Waals surface area contributed by atoms with Gasteiger partial charge in [-0.15, -0.1) is 22.9 Å². The summed E-state index contributed by atoms with van der Waals surface area (Å²) in [6, 6.07) is 8.52. The standard InChI is InChI=1S/C14H11Cl2FN2S/c15-6-5-14-18-11-7-9(17)1-3-12(11)19(14)8-10-2-4-13(16)20-10/h1-4,7H,5-6,8H2. The zero-order valence-electron chi connectivity index (χ0n) is 10.4. The summed E-state index contributed by atoms with van der Waals surface area (Å²) in [5.74, 6) is 1.07. The molecule has 2 heterocycles. The van der Waals surface area contributed by atoms with Gasteiger partial charge in [0.1, 0.15) is 11.6 Å². The summed E-state index contributed by atoms with van der Waals surface area (Å²) in [4.78, 5) is 5.61. The largest absolute Gasteiger partial charge is 0.323 e. The maximum atomic E-state index is 13.3. The molecule has 104 valence electrons. The van der Waals surface area contributed by atoms with Crippen LogP contribution in [0.1, 0.15) is 10.7 Å². The minimum Gasteiger partial charge on any atom is -0.323 e. The number of hydrogen-bond acceptors (Lipinski definition) is 2. The molecule has 0 aliphatic rings. The van der Waals surface area contributed by atoms with Crippen molar-refractivity contribution in [1.29, 1.82) is 0 Å². The van der Waals surface area contributed by atoms with Crippen molar-refractivity contribution in [3.63, 3.8) is 0 Å². The van der Waals surface area contributed by atoms with Gasteiger partial charge in [-0.2, -0.15) is 0 Å². The molecule has 0 bridgehead atoms. The van der Waals surface area contributed by atoms with Gasteiger partial charge >= 0.3 is 0 Å². The second kappa shape index (κ2) is 5.72. The average Bonchev–Trinajstić information content (AvgIpc) is 2.95. The van der Waals surface area contributed by atoms with Gasteiger partial charge in [0.05, 0.1) is 21.9 Å². The minimum atomic E-state index is -0.279. The van der Waals surface area contributed by atoms with Crippen molar-refractivity contribution in [1.82, 2.24) is 9.55 Å². The van der Waals surface area contributed by atoms with Crippen LogP contribution in [0.15, 0.2) is 30.3 Å². The van der Waals surface area contributed by atoms with Crippen LogP contribution in [0, 0.1) is 5.82 Å². The molecule has 2 aromatic heterocycles. The first-order valence-corrected chi connectivity index (χ1v) is 7.85. The van der Waals surface area contributed by atoms with E-state index in [1.165, 1.54) is 23.5 Å². The van der Waals surface area contributed by atoms with Gasteiger partial charge in [0.15, 0.2) is 0 Å². The third-order valence-corrected chi connectivity index (χ3v) is 4.46. The highest BCUT2D eigenvalue weighted by Crippen LogP contribution is 2.25. The fourth-order valence-electron chi connectivity index (χ4n) is 2.20. The molecule has 3 aromatic rings. The molecule has 1 aromatic carbocycles. The Morgan fingerprint density at radius 3 is 2.80 bits per heavy atom.